The summed E-state index contributed by atoms with van der Waals surface area (Å²) in [6.45, 7) is 3.13. The van der Waals surface area contributed by atoms with Crippen molar-refractivity contribution in [1.82, 2.24) is 4.98 Å². The van der Waals surface area contributed by atoms with Crippen LogP contribution in [0.15, 0.2) is 34.9 Å². The lowest BCUT2D eigenvalue weighted by Gasteiger charge is -1.98. The normalized spacial score (nSPS) is 10.4. The van der Waals surface area contributed by atoms with Crippen molar-refractivity contribution in [2.75, 3.05) is 11.9 Å². The van der Waals surface area contributed by atoms with Gasteiger partial charge in [-0.1, -0.05) is 46.3 Å². The van der Waals surface area contributed by atoms with Gasteiger partial charge in [-0.15, -0.1) is 0 Å². The summed E-state index contributed by atoms with van der Waals surface area (Å²) in [6, 6.07) is 8.28. The lowest BCUT2D eigenvalue weighted by molar-refractivity contribution is 0.976. The molecule has 0 aliphatic carbocycles. The maximum absolute atomic E-state index is 4.35. The lowest BCUT2D eigenvalue weighted by atomic mass is 10.2. The highest BCUT2D eigenvalue weighted by Gasteiger charge is 2.03. The molecule has 84 valence electrons. The van der Waals surface area contributed by atoms with E-state index in [1.165, 1.54) is 10.4 Å². The van der Waals surface area contributed by atoms with Crippen molar-refractivity contribution in [3.63, 3.8) is 0 Å². The largest absolute Gasteiger partial charge is 0.362 e. The highest BCUT2D eigenvalue weighted by atomic mass is 79.9. The zero-order valence-electron chi connectivity index (χ0n) is 9.03. The van der Waals surface area contributed by atoms with E-state index < -0.39 is 0 Å². The first-order chi connectivity index (χ1) is 7.79. The van der Waals surface area contributed by atoms with Gasteiger partial charge in [0.1, 0.15) is 0 Å². The molecule has 0 saturated heterocycles. The third-order valence-corrected chi connectivity index (χ3v) is 3.64. The van der Waals surface area contributed by atoms with Gasteiger partial charge in [0.2, 0.25) is 0 Å². The second kappa shape index (κ2) is 5.46. The SMILES string of the molecule is CCCNc1ncc(-c2cccc(Br)c2)s1. The molecule has 1 aromatic carbocycles. The molecular weight excluding hydrogens is 284 g/mol. The quantitative estimate of drug-likeness (QED) is 0.905. The fraction of sp³-hybridized carbons (Fsp3) is 0.250. The van der Waals surface area contributed by atoms with Crippen molar-refractivity contribution in [2.24, 2.45) is 0 Å². The first-order valence-electron chi connectivity index (χ1n) is 5.25. The van der Waals surface area contributed by atoms with Crippen LogP contribution in [0.4, 0.5) is 5.13 Å². The topological polar surface area (TPSA) is 24.9 Å². The summed E-state index contributed by atoms with van der Waals surface area (Å²) in [7, 11) is 0. The molecule has 0 unspecified atom stereocenters. The first-order valence-corrected chi connectivity index (χ1v) is 6.86. The zero-order valence-corrected chi connectivity index (χ0v) is 11.4. The van der Waals surface area contributed by atoms with Crippen molar-refractivity contribution in [3.8, 4) is 10.4 Å². The number of benzene rings is 1. The number of anilines is 1. The molecule has 0 radical (unpaired) electrons. The van der Waals surface area contributed by atoms with E-state index in [-0.39, 0.29) is 0 Å². The van der Waals surface area contributed by atoms with E-state index >= 15 is 0 Å². The summed E-state index contributed by atoms with van der Waals surface area (Å²) in [5.74, 6) is 0. The van der Waals surface area contributed by atoms with Gasteiger partial charge >= 0.3 is 0 Å². The molecule has 1 N–H and O–H groups in total. The van der Waals surface area contributed by atoms with Crippen LogP contribution >= 0.6 is 27.3 Å². The van der Waals surface area contributed by atoms with Gasteiger partial charge in [0.25, 0.3) is 0 Å². The molecule has 1 aromatic heterocycles. The van der Waals surface area contributed by atoms with Gasteiger partial charge in [0.15, 0.2) is 5.13 Å². The Bertz CT molecular complexity index is 468. The number of nitrogens with zero attached hydrogens (tertiary/aromatic N) is 1. The van der Waals surface area contributed by atoms with E-state index in [0.29, 0.717) is 0 Å². The highest BCUT2D eigenvalue weighted by molar-refractivity contribution is 9.10. The molecule has 2 nitrogen and oxygen atoms in total. The Morgan fingerprint density at radius 1 is 1.44 bits per heavy atom. The van der Waals surface area contributed by atoms with Crippen LogP contribution in [0.1, 0.15) is 13.3 Å². The Labute approximate surface area is 108 Å². The highest BCUT2D eigenvalue weighted by Crippen LogP contribution is 2.30. The van der Waals surface area contributed by atoms with Gasteiger partial charge in [-0.05, 0) is 24.1 Å². The van der Waals surface area contributed by atoms with Crippen LogP contribution in [0.3, 0.4) is 0 Å². The van der Waals surface area contributed by atoms with E-state index in [1.807, 2.05) is 18.3 Å². The number of thiazole rings is 1. The Morgan fingerprint density at radius 2 is 2.31 bits per heavy atom. The second-order valence-corrected chi connectivity index (χ2v) is 5.41. The molecule has 0 amide bonds. The first kappa shape index (κ1) is 11.6. The minimum atomic E-state index is 0.978. The molecular formula is C12H13BrN2S. The molecule has 16 heavy (non-hydrogen) atoms. The van der Waals surface area contributed by atoms with Crippen LogP contribution in [-0.4, -0.2) is 11.5 Å². The van der Waals surface area contributed by atoms with Gasteiger partial charge in [0, 0.05) is 17.2 Å². The van der Waals surface area contributed by atoms with Crippen LogP contribution in [0.2, 0.25) is 0 Å². The maximum Gasteiger partial charge on any atom is 0.183 e. The Hall–Kier alpha value is -0.870. The van der Waals surface area contributed by atoms with Gasteiger partial charge < -0.3 is 5.32 Å². The Balaban J connectivity index is 2.18. The molecule has 2 aromatic rings. The van der Waals surface area contributed by atoms with E-state index in [9.17, 15) is 0 Å². The van der Waals surface area contributed by atoms with E-state index in [0.717, 1.165) is 22.6 Å². The third kappa shape index (κ3) is 2.83. The van der Waals surface area contributed by atoms with Gasteiger partial charge in [-0.3, -0.25) is 0 Å². The van der Waals surface area contributed by atoms with Crippen molar-refractivity contribution >= 4 is 32.4 Å². The van der Waals surface area contributed by atoms with Crippen molar-refractivity contribution in [3.05, 3.63) is 34.9 Å². The summed E-state index contributed by atoms with van der Waals surface area (Å²) in [5, 5.41) is 4.29. The minimum absolute atomic E-state index is 0.978. The van der Waals surface area contributed by atoms with Gasteiger partial charge in [0.05, 0.1) is 4.88 Å². The predicted molar refractivity (Wildman–Crippen MR) is 74.0 cm³/mol. The average molecular weight is 297 g/mol. The fourth-order valence-corrected chi connectivity index (χ4v) is 2.60. The predicted octanol–water partition coefficient (Wildman–Crippen LogP) is 4.39. The molecule has 0 aliphatic rings. The van der Waals surface area contributed by atoms with E-state index in [2.05, 4.69) is 45.3 Å². The smallest absolute Gasteiger partial charge is 0.183 e. The van der Waals surface area contributed by atoms with Gasteiger partial charge in [-0.2, -0.15) is 0 Å². The van der Waals surface area contributed by atoms with Crippen LogP contribution in [0, 0.1) is 0 Å². The summed E-state index contributed by atoms with van der Waals surface area (Å²) in [4.78, 5) is 5.55. The summed E-state index contributed by atoms with van der Waals surface area (Å²) < 4.78 is 1.10. The maximum atomic E-state index is 4.35. The molecule has 0 fully saturated rings. The molecule has 0 spiro atoms. The second-order valence-electron chi connectivity index (χ2n) is 3.47. The summed E-state index contributed by atoms with van der Waals surface area (Å²) in [5.41, 5.74) is 1.21. The molecule has 1 heterocycles. The molecule has 0 saturated carbocycles. The number of rotatable bonds is 4. The standard InChI is InChI=1S/C12H13BrN2S/c1-2-6-14-12-15-8-11(16-12)9-4-3-5-10(13)7-9/h3-5,7-8H,2,6H2,1H3,(H,14,15). The average Bonchev–Trinajstić information content (AvgIpc) is 2.75. The van der Waals surface area contributed by atoms with Crippen LogP contribution in [0.5, 0.6) is 0 Å². The Morgan fingerprint density at radius 3 is 3.06 bits per heavy atom. The van der Waals surface area contributed by atoms with Crippen LogP contribution in [0.25, 0.3) is 10.4 Å². The number of nitrogens with one attached hydrogen (secondary N) is 1. The minimum Gasteiger partial charge on any atom is -0.362 e. The molecule has 2 rings (SSSR count). The van der Waals surface area contributed by atoms with Gasteiger partial charge in [-0.25, -0.2) is 4.98 Å². The number of halogens is 1. The summed E-state index contributed by atoms with van der Waals surface area (Å²) in [6.07, 6.45) is 3.04. The van der Waals surface area contributed by atoms with Crippen molar-refractivity contribution in [2.45, 2.75) is 13.3 Å². The van der Waals surface area contributed by atoms with Crippen LogP contribution in [-0.2, 0) is 0 Å². The third-order valence-electron chi connectivity index (χ3n) is 2.14. The zero-order chi connectivity index (χ0) is 11.4. The lowest BCUT2D eigenvalue weighted by Crippen LogP contribution is -1.97. The molecule has 4 heteroatoms. The fourth-order valence-electron chi connectivity index (χ4n) is 1.36. The molecule has 0 bridgehead atoms. The van der Waals surface area contributed by atoms with Crippen molar-refractivity contribution < 1.29 is 0 Å². The molecule has 0 atom stereocenters. The monoisotopic (exact) mass is 296 g/mol. The van der Waals surface area contributed by atoms with Crippen LogP contribution < -0.4 is 5.32 Å². The number of hydrogen-bond acceptors (Lipinski definition) is 3. The Kier molecular flexibility index (Phi) is 3.96. The van der Waals surface area contributed by atoms with Crippen molar-refractivity contribution in [1.29, 1.82) is 0 Å². The molecule has 0 aliphatic heterocycles. The van der Waals surface area contributed by atoms with E-state index in [4.69, 9.17) is 0 Å². The van der Waals surface area contributed by atoms with E-state index in [1.54, 1.807) is 11.3 Å². The number of aromatic nitrogens is 1. The summed E-state index contributed by atoms with van der Waals surface area (Å²) >= 11 is 5.17. The number of hydrogen-bond donors (Lipinski definition) is 1.